The molecule has 1 fully saturated rings. The molecule has 2 aliphatic carbocycles. The van der Waals surface area contributed by atoms with Gasteiger partial charge in [-0.25, -0.2) is 0 Å². The number of allylic oxidation sites excluding steroid dienone is 2. The maximum absolute atomic E-state index is 12.2. The fraction of sp³-hybridized carbons (Fsp3) is 0.769. The van der Waals surface area contributed by atoms with E-state index >= 15 is 0 Å². The van der Waals surface area contributed by atoms with Crippen LogP contribution >= 0.6 is 0 Å². The van der Waals surface area contributed by atoms with Gasteiger partial charge in [0.15, 0.2) is 5.78 Å². The summed E-state index contributed by atoms with van der Waals surface area (Å²) in [5.41, 5.74) is 2.57. The number of hydrogen-bond donors (Lipinski definition) is 0. The minimum Gasteiger partial charge on any atom is -0.294 e. The number of rotatable bonds is 2. The Labute approximate surface area is 86.6 Å². The highest BCUT2D eigenvalue weighted by Crippen LogP contribution is 2.33. The lowest BCUT2D eigenvalue weighted by molar-refractivity contribution is -0.120. The second-order valence-electron chi connectivity index (χ2n) is 4.81. The van der Waals surface area contributed by atoms with Gasteiger partial charge in [0, 0.05) is 5.92 Å². The zero-order chi connectivity index (χ0) is 9.97. The maximum Gasteiger partial charge on any atom is 0.161 e. The van der Waals surface area contributed by atoms with Crippen molar-refractivity contribution in [2.45, 2.75) is 58.3 Å². The van der Waals surface area contributed by atoms with Crippen LogP contribution in [-0.2, 0) is 4.79 Å². The molecular weight excluding hydrogens is 172 g/mol. The van der Waals surface area contributed by atoms with E-state index in [1.807, 2.05) is 0 Å². The molecule has 0 amide bonds. The van der Waals surface area contributed by atoms with Gasteiger partial charge >= 0.3 is 0 Å². The van der Waals surface area contributed by atoms with Gasteiger partial charge in [-0.3, -0.25) is 4.79 Å². The van der Waals surface area contributed by atoms with Gasteiger partial charge in [-0.1, -0.05) is 24.8 Å². The summed E-state index contributed by atoms with van der Waals surface area (Å²) in [6.45, 7) is 2.14. The monoisotopic (exact) mass is 192 g/mol. The average molecular weight is 192 g/mol. The van der Waals surface area contributed by atoms with Gasteiger partial charge in [0.2, 0.25) is 0 Å². The van der Waals surface area contributed by atoms with Crippen molar-refractivity contribution in [2.75, 3.05) is 0 Å². The minimum absolute atomic E-state index is 0.381. The van der Waals surface area contributed by atoms with Crippen LogP contribution in [0.3, 0.4) is 0 Å². The fourth-order valence-corrected chi connectivity index (χ4v) is 2.84. The molecular formula is C13H20O. The van der Waals surface area contributed by atoms with E-state index in [1.54, 1.807) is 0 Å². The number of hydrogen-bond acceptors (Lipinski definition) is 1. The predicted molar refractivity (Wildman–Crippen MR) is 58.1 cm³/mol. The van der Waals surface area contributed by atoms with E-state index < -0.39 is 0 Å². The standard InChI is InChI=1S/C13H20O/c1-10-6-5-9-12(10)13(14)11-7-3-2-4-8-11/h11H,2-9H2,1H3. The third-order valence-corrected chi connectivity index (χ3v) is 3.77. The van der Waals surface area contributed by atoms with Crippen LogP contribution in [0, 0.1) is 5.92 Å². The predicted octanol–water partition coefficient (Wildman–Crippen LogP) is 3.64. The Balaban J connectivity index is 2.03. The van der Waals surface area contributed by atoms with Crippen molar-refractivity contribution >= 4 is 5.78 Å². The summed E-state index contributed by atoms with van der Waals surface area (Å²) in [6, 6.07) is 0. The van der Waals surface area contributed by atoms with Gasteiger partial charge in [-0.05, 0) is 44.6 Å². The van der Waals surface area contributed by atoms with Crippen LogP contribution in [-0.4, -0.2) is 5.78 Å². The van der Waals surface area contributed by atoms with E-state index in [9.17, 15) is 4.79 Å². The van der Waals surface area contributed by atoms with Crippen LogP contribution in [0.1, 0.15) is 58.3 Å². The zero-order valence-corrected chi connectivity index (χ0v) is 9.14. The van der Waals surface area contributed by atoms with Crippen molar-refractivity contribution in [3.63, 3.8) is 0 Å². The highest BCUT2D eigenvalue weighted by atomic mass is 16.1. The van der Waals surface area contributed by atoms with Gasteiger partial charge in [0.25, 0.3) is 0 Å². The van der Waals surface area contributed by atoms with E-state index in [-0.39, 0.29) is 0 Å². The van der Waals surface area contributed by atoms with Crippen molar-refractivity contribution < 1.29 is 4.79 Å². The van der Waals surface area contributed by atoms with Crippen molar-refractivity contribution in [3.8, 4) is 0 Å². The van der Waals surface area contributed by atoms with Crippen LogP contribution < -0.4 is 0 Å². The molecule has 0 saturated heterocycles. The summed E-state index contributed by atoms with van der Waals surface area (Å²) >= 11 is 0. The summed E-state index contributed by atoms with van der Waals surface area (Å²) in [5.74, 6) is 0.881. The molecule has 14 heavy (non-hydrogen) atoms. The molecule has 0 aliphatic heterocycles. The SMILES string of the molecule is CC1=C(C(=O)C2CCCCC2)CCC1. The smallest absolute Gasteiger partial charge is 0.161 e. The Bertz CT molecular complexity index is 256. The Hall–Kier alpha value is -0.590. The molecule has 1 heteroatoms. The lowest BCUT2D eigenvalue weighted by Gasteiger charge is -2.21. The Morgan fingerprint density at radius 3 is 2.36 bits per heavy atom. The molecule has 0 unspecified atom stereocenters. The Morgan fingerprint density at radius 2 is 1.79 bits per heavy atom. The number of Topliss-reactive ketones (excluding diaryl/α,β-unsaturated/α-hetero) is 1. The zero-order valence-electron chi connectivity index (χ0n) is 9.14. The number of ketones is 1. The van der Waals surface area contributed by atoms with E-state index in [0.29, 0.717) is 11.7 Å². The van der Waals surface area contributed by atoms with Crippen LogP contribution in [0.15, 0.2) is 11.1 Å². The quantitative estimate of drug-likeness (QED) is 0.653. The molecule has 2 aliphatic rings. The Morgan fingerprint density at radius 1 is 1.07 bits per heavy atom. The second-order valence-corrected chi connectivity index (χ2v) is 4.81. The average Bonchev–Trinajstić information content (AvgIpc) is 2.65. The van der Waals surface area contributed by atoms with Gasteiger partial charge in [0.05, 0.1) is 0 Å². The molecule has 0 atom stereocenters. The van der Waals surface area contributed by atoms with E-state index in [0.717, 1.165) is 25.7 Å². The third-order valence-electron chi connectivity index (χ3n) is 3.77. The minimum atomic E-state index is 0.381. The molecule has 0 heterocycles. The first-order valence-electron chi connectivity index (χ1n) is 6.02. The van der Waals surface area contributed by atoms with Crippen molar-refractivity contribution in [2.24, 2.45) is 5.92 Å². The van der Waals surface area contributed by atoms with Gasteiger partial charge < -0.3 is 0 Å². The van der Waals surface area contributed by atoms with E-state index in [1.165, 1.54) is 36.8 Å². The molecule has 0 aromatic carbocycles. The molecule has 1 nitrogen and oxygen atoms in total. The topological polar surface area (TPSA) is 17.1 Å². The van der Waals surface area contributed by atoms with Gasteiger partial charge in [0.1, 0.15) is 0 Å². The van der Waals surface area contributed by atoms with Crippen LogP contribution in [0.2, 0.25) is 0 Å². The summed E-state index contributed by atoms with van der Waals surface area (Å²) in [4.78, 5) is 12.2. The van der Waals surface area contributed by atoms with Crippen molar-refractivity contribution in [1.82, 2.24) is 0 Å². The first-order valence-corrected chi connectivity index (χ1v) is 6.02. The van der Waals surface area contributed by atoms with E-state index in [4.69, 9.17) is 0 Å². The molecule has 0 N–H and O–H groups in total. The molecule has 2 rings (SSSR count). The third kappa shape index (κ3) is 1.92. The highest BCUT2D eigenvalue weighted by molar-refractivity contribution is 5.98. The van der Waals surface area contributed by atoms with E-state index in [2.05, 4.69) is 6.92 Å². The normalized spacial score (nSPS) is 24.4. The molecule has 0 aromatic heterocycles. The lowest BCUT2D eigenvalue weighted by atomic mass is 9.83. The molecule has 0 spiro atoms. The maximum atomic E-state index is 12.2. The second kappa shape index (κ2) is 4.29. The molecule has 1 saturated carbocycles. The van der Waals surface area contributed by atoms with Crippen molar-refractivity contribution in [3.05, 3.63) is 11.1 Å². The molecule has 0 bridgehead atoms. The van der Waals surface area contributed by atoms with Gasteiger partial charge in [-0.15, -0.1) is 0 Å². The van der Waals surface area contributed by atoms with Crippen LogP contribution in [0.5, 0.6) is 0 Å². The summed E-state index contributed by atoms with van der Waals surface area (Å²) < 4.78 is 0. The number of carbonyl (C=O) groups excluding carboxylic acids is 1. The molecule has 78 valence electrons. The van der Waals surface area contributed by atoms with Crippen LogP contribution in [0.4, 0.5) is 0 Å². The highest BCUT2D eigenvalue weighted by Gasteiger charge is 2.26. The Kier molecular flexibility index (Phi) is 3.05. The summed E-state index contributed by atoms with van der Waals surface area (Å²) in [5, 5.41) is 0. The fourth-order valence-electron chi connectivity index (χ4n) is 2.84. The first-order chi connectivity index (χ1) is 6.79. The van der Waals surface area contributed by atoms with Crippen LogP contribution in [0.25, 0.3) is 0 Å². The lowest BCUT2D eigenvalue weighted by Crippen LogP contribution is -2.19. The number of carbonyl (C=O) groups is 1. The largest absolute Gasteiger partial charge is 0.294 e. The van der Waals surface area contributed by atoms with Crippen molar-refractivity contribution in [1.29, 1.82) is 0 Å². The molecule has 0 radical (unpaired) electrons. The molecule has 0 aromatic rings. The first kappa shape index (κ1) is 9.95. The summed E-state index contributed by atoms with van der Waals surface area (Å²) in [6.07, 6.45) is 9.59. The summed E-state index contributed by atoms with van der Waals surface area (Å²) in [7, 11) is 0. The van der Waals surface area contributed by atoms with Gasteiger partial charge in [-0.2, -0.15) is 0 Å².